The number of amidine groups is 1. The maximum Gasteiger partial charge on any atom is 0.271 e. The van der Waals surface area contributed by atoms with Crippen LogP contribution in [-0.4, -0.2) is 17.7 Å². The Morgan fingerprint density at radius 1 is 0.967 bits per heavy atom. The van der Waals surface area contributed by atoms with Gasteiger partial charge >= 0.3 is 0 Å². The van der Waals surface area contributed by atoms with Gasteiger partial charge in [0.2, 0.25) is 0 Å². The van der Waals surface area contributed by atoms with Gasteiger partial charge in [0, 0.05) is 0 Å². The molecule has 1 aliphatic heterocycles. The van der Waals surface area contributed by atoms with Crippen molar-refractivity contribution >= 4 is 40.3 Å². The number of carbonyl (C=O) groups excluding carboxylic acids is 1. The second-order valence-corrected chi connectivity index (χ2v) is 7.39. The van der Waals surface area contributed by atoms with Crippen LogP contribution in [0, 0.1) is 12.3 Å². The smallest absolute Gasteiger partial charge is 0.271 e. The quantitative estimate of drug-likeness (QED) is 0.412. The molecule has 1 heterocycles. The number of amides is 1. The molecular weight excluding hydrogens is 392 g/mol. The van der Waals surface area contributed by atoms with Crippen LogP contribution in [-0.2, 0) is 4.79 Å². The third kappa shape index (κ3) is 4.45. The van der Waals surface area contributed by atoms with E-state index in [0.29, 0.717) is 15.8 Å². The zero-order valence-corrected chi connectivity index (χ0v) is 16.9. The molecule has 0 spiro atoms. The second kappa shape index (κ2) is 9.17. The van der Waals surface area contributed by atoms with Crippen molar-refractivity contribution in [3.63, 3.8) is 0 Å². The minimum Gasteiger partial charge on any atom is -0.481 e. The van der Waals surface area contributed by atoms with Crippen LogP contribution in [0.1, 0.15) is 5.56 Å². The van der Waals surface area contributed by atoms with Gasteiger partial charge < -0.3 is 4.74 Å². The molecular formula is C25H18N2O2S. The first-order valence-electron chi connectivity index (χ1n) is 9.34. The van der Waals surface area contributed by atoms with Crippen molar-refractivity contribution in [2.24, 2.45) is 4.99 Å². The summed E-state index contributed by atoms with van der Waals surface area (Å²) < 4.78 is 5.40. The Kier molecular flexibility index (Phi) is 5.98. The molecule has 146 valence electrons. The Hall–Kier alpha value is -3.75. The lowest BCUT2D eigenvalue weighted by atomic mass is 10.2. The van der Waals surface area contributed by atoms with Crippen LogP contribution < -0.4 is 9.64 Å². The molecule has 0 unspecified atom stereocenters. The second-order valence-electron chi connectivity index (χ2n) is 6.38. The van der Waals surface area contributed by atoms with E-state index in [9.17, 15) is 4.79 Å². The molecule has 0 saturated carbocycles. The number of thioether (sulfide) groups is 1. The van der Waals surface area contributed by atoms with E-state index in [-0.39, 0.29) is 12.5 Å². The van der Waals surface area contributed by atoms with Crippen LogP contribution in [0.3, 0.4) is 0 Å². The van der Waals surface area contributed by atoms with Gasteiger partial charge in [-0.15, -0.1) is 6.42 Å². The Morgan fingerprint density at radius 3 is 2.30 bits per heavy atom. The summed E-state index contributed by atoms with van der Waals surface area (Å²) in [4.78, 5) is 20.2. The lowest BCUT2D eigenvalue weighted by Crippen LogP contribution is -2.28. The van der Waals surface area contributed by atoms with E-state index in [4.69, 9.17) is 16.2 Å². The fourth-order valence-electron chi connectivity index (χ4n) is 2.90. The van der Waals surface area contributed by atoms with Gasteiger partial charge in [-0.1, -0.05) is 54.5 Å². The standard InChI is InChI=1S/C25H18N2O2S/c1-2-17-29-22-15-13-19(14-16-22)18-23-24(28)27(21-11-7-4-8-12-21)25(30-23)26-20-9-5-3-6-10-20/h1,3-16,18H,17H2/b23-18+,26-25?. The van der Waals surface area contributed by atoms with Crippen molar-refractivity contribution in [3.05, 3.63) is 95.4 Å². The minimum atomic E-state index is -0.103. The molecule has 1 amide bonds. The van der Waals surface area contributed by atoms with E-state index < -0.39 is 0 Å². The number of rotatable bonds is 5. The van der Waals surface area contributed by atoms with Crippen molar-refractivity contribution in [2.45, 2.75) is 0 Å². The van der Waals surface area contributed by atoms with E-state index in [2.05, 4.69) is 5.92 Å². The summed E-state index contributed by atoms with van der Waals surface area (Å²) in [5.74, 6) is 3.03. The number of benzene rings is 3. The van der Waals surface area contributed by atoms with Gasteiger partial charge in [0.1, 0.15) is 12.4 Å². The van der Waals surface area contributed by atoms with Crippen LogP contribution in [0.5, 0.6) is 5.75 Å². The van der Waals surface area contributed by atoms with Gasteiger partial charge in [-0.2, -0.15) is 0 Å². The zero-order valence-electron chi connectivity index (χ0n) is 16.1. The van der Waals surface area contributed by atoms with Gasteiger partial charge in [0.05, 0.1) is 16.3 Å². The number of hydrogen-bond acceptors (Lipinski definition) is 4. The van der Waals surface area contributed by atoms with Crippen LogP contribution in [0.25, 0.3) is 6.08 Å². The fourth-order valence-corrected chi connectivity index (χ4v) is 3.90. The van der Waals surface area contributed by atoms with Crippen molar-refractivity contribution < 1.29 is 9.53 Å². The van der Waals surface area contributed by atoms with E-state index in [0.717, 1.165) is 16.9 Å². The summed E-state index contributed by atoms with van der Waals surface area (Å²) in [6.07, 6.45) is 7.08. The molecule has 0 aromatic heterocycles. The summed E-state index contributed by atoms with van der Waals surface area (Å²) in [6, 6.07) is 26.6. The van der Waals surface area contributed by atoms with Crippen LogP contribution in [0.15, 0.2) is 94.8 Å². The van der Waals surface area contributed by atoms with Crippen molar-refractivity contribution in [1.82, 2.24) is 0 Å². The molecule has 1 saturated heterocycles. The highest BCUT2D eigenvalue weighted by Gasteiger charge is 2.34. The van der Waals surface area contributed by atoms with Crippen molar-refractivity contribution in [3.8, 4) is 18.1 Å². The Balaban J connectivity index is 1.67. The number of ether oxygens (including phenoxy) is 1. The Bertz CT molecular complexity index is 1130. The van der Waals surface area contributed by atoms with Crippen molar-refractivity contribution in [1.29, 1.82) is 0 Å². The number of carbonyl (C=O) groups is 1. The molecule has 0 radical (unpaired) electrons. The lowest BCUT2D eigenvalue weighted by Gasteiger charge is -2.15. The molecule has 1 fully saturated rings. The first kappa shape index (κ1) is 19.6. The van der Waals surface area contributed by atoms with E-state index in [1.165, 1.54) is 11.8 Å². The van der Waals surface area contributed by atoms with E-state index in [1.807, 2.05) is 91.0 Å². The van der Waals surface area contributed by atoms with E-state index >= 15 is 0 Å². The van der Waals surface area contributed by atoms with Gasteiger partial charge in [0.25, 0.3) is 5.91 Å². The molecule has 0 bridgehead atoms. The number of anilines is 1. The van der Waals surface area contributed by atoms with Crippen LogP contribution in [0.2, 0.25) is 0 Å². The average Bonchev–Trinajstić information content (AvgIpc) is 3.09. The molecule has 3 aromatic rings. The predicted octanol–water partition coefficient (Wildman–Crippen LogP) is 5.51. The summed E-state index contributed by atoms with van der Waals surface area (Å²) >= 11 is 1.36. The fraction of sp³-hybridized carbons (Fsp3) is 0.0400. The highest BCUT2D eigenvalue weighted by Crippen LogP contribution is 2.37. The normalized spacial score (nSPS) is 16.1. The summed E-state index contributed by atoms with van der Waals surface area (Å²) in [6.45, 7) is 0.222. The molecule has 0 N–H and O–H groups in total. The number of terminal acetylenes is 1. The van der Waals surface area contributed by atoms with Gasteiger partial charge in [-0.25, -0.2) is 4.99 Å². The van der Waals surface area contributed by atoms with Gasteiger partial charge in [-0.3, -0.25) is 9.69 Å². The highest BCUT2D eigenvalue weighted by atomic mass is 32.2. The maximum absolute atomic E-state index is 13.2. The predicted molar refractivity (Wildman–Crippen MR) is 124 cm³/mol. The topological polar surface area (TPSA) is 41.9 Å². The summed E-state index contributed by atoms with van der Waals surface area (Å²) in [5.41, 5.74) is 2.48. The van der Waals surface area contributed by atoms with Crippen LogP contribution >= 0.6 is 11.8 Å². The molecule has 4 nitrogen and oxygen atoms in total. The first-order chi connectivity index (χ1) is 14.7. The largest absolute Gasteiger partial charge is 0.481 e. The zero-order chi connectivity index (χ0) is 20.8. The van der Waals surface area contributed by atoms with Gasteiger partial charge in [-0.05, 0) is 59.8 Å². The number of para-hydroxylation sites is 2. The molecule has 30 heavy (non-hydrogen) atoms. The third-order valence-electron chi connectivity index (χ3n) is 4.30. The summed E-state index contributed by atoms with van der Waals surface area (Å²) in [7, 11) is 0. The molecule has 1 aliphatic rings. The Morgan fingerprint density at radius 2 is 1.63 bits per heavy atom. The lowest BCUT2D eigenvalue weighted by molar-refractivity contribution is -0.113. The number of nitrogens with zero attached hydrogens (tertiary/aromatic N) is 2. The van der Waals surface area contributed by atoms with E-state index in [1.54, 1.807) is 4.90 Å². The molecule has 0 atom stereocenters. The number of hydrogen-bond donors (Lipinski definition) is 0. The molecule has 5 heteroatoms. The molecule has 4 rings (SSSR count). The highest BCUT2D eigenvalue weighted by molar-refractivity contribution is 8.19. The first-order valence-corrected chi connectivity index (χ1v) is 10.2. The monoisotopic (exact) mass is 410 g/mol. The molecule has 3 aromatic carbocycles. The number of aliphatic imine (C=N–C) groups is 1. The Labute approximate surface area is 179 Å². The van der Waals surface area contributed by atoms with Crippen molar-refractivity contribution in [2.75, 3.05) is 11.5 Å². The minimum absolute atomic E-state index is 0.103. The summed E-state index contributed by atoms with van der Waals surface area (Å²) in [5, 5.41) is 0.623. The average molecular weight is 410 g/mol. The van der Waals surface area contributed by atoms with Gasteiger partial charge in [0.15, 0.2) is 5.17 Å². The maximum atomic E-state index is 13.2. The SMILES string of the molecule is C#CCOc1ccc(/C=C2/SC(=Nc3ccccc3)N(c3ccccc3)C2=O)cc1. The van der Waals surface area contributed by atoms with Crippen LogP contribution in [0.4, 0.5) is 11.4 Å². The molecule has 0 aliphatic carbocycles. The third-order valence-corrected chi connectivity index (χ3v) is 5.27.